The van der Waals surface area contributed by atoms with Gasteiger partial charge in [0.05, 0.1) is 10.6 Å². The minimum absolute atomic E-state index is 0.226. The third kappa shape index (κ3) is 3.55. The monoisotopic (exact) mass is 274 g/mol. The summed E-state index contributed by atoms with van der Waals surface area (Å²) in [5.74, 6) is -0.226. The lowest BCUT2D eigenvalue weighted by Gasteiger charge is -2.07. The van der Waals surface area contributed by atoms with Crippen molar-refractivity contribution in [2.45, 2.75) is 19.8 Å². The van der Waals surface area contributed by atoms with Crippen LogP contribution in [0, 0.1) is 0 Å². The summed E-state index contributed by atoms with van der Waals surface area (Å²) >= 11 is 5.93. The van der Waals surface area contributed by atoms with Crippen molar-refractivity contribution in [3.8, 4) is 0 Å². The second-order valence-corrected chi connectivity index (χ2v) is 4.66. The van der Waals surface area contributed by atoms with Gasteiger partial charge in [0, 0.05) is 18.1 Å². The normalized spacial score (nSPS) is 10.2. The van der Waals surface area contributed by atoms with E-state index in [1.54, 1.807) is 12.3 Å². The number of carbonyl (C=O) groups is 1. The van der Waals surface area contributed by atoms with Gasteiger partial charge in [-0.25, -0.2) is 0 Å². The van der Waals surface area contributed by atoms with E-state index in [1.807, 2.05) is 24.3 Å². The number of hydrogen-bond acceptors (Lipinski definition) is 2. The lowest BCUT2D eigenvalue weighted by Crippen LogP contribution is -2.12. The summed E-state index contributed by atoms with van der Waals surface area (Å²) in [6.45, 7) is 2.14. The fourth-order valence-corrected chi connectivity index (χ4v) is 2.01. The summed E-state index contributed by atoms with van der Waals surface area (Å²) in [5, 5.41) is 3.17. The number of rotatable bonds is 4. The highest BCUT2D eigenvalue weighted by atomic mass is 35.5. The summed E-state index contributed by atoms with van der Waals surface area (Å²) in [7, 11) is 0. The molecule has 0 aliphatic carbocycles. The van der Waals surface area contributed by atoms with Crippen LogP contribution in [0.5, 0.6) is 0 Å². The standard InChI is InChI=1S/C15H15ClN2O/c1-2-3-11-4-6-12(7-5-11)18-15(19)13-8-9-17-10-14(13)16/h4-10H,2-3H2,1H3,(H,18,19). The number of benzene rings is 1. The van der Waals surface area contributed by atoms with Gasteiger partial charge < -0.3 is 5.32 Å². The molecule has 0 unspecified atom stereocenters. The first-order valence-corrected chi connectivity index (χ1v) is 6.58. The molecule has 0 saturated carbocycles. The maximum Gasteiger partial charge on any atom is 0.257 e. The van der Waals surface area contributed by atoms with E-state index in [-0.39, 0.29) is 5.91 Å². The molecule has 2 rings (SSSR count). The van der Waals surface area contributed by atoms with Crippen molar-refractivity contribution in [3.63, 3.8) is 0 Å². The van der Waals surface area contributed by atoms with E-state index in [1.165, 1.54) is 11.8 Å². The summed E-state index contributed by atoms with van der Waals surface area (Å²) in [5.41, 5.74) is 2.45. The van der Waals surface area contributed by atoms with Crippen molar-refractivity contribution in [1.82, 2.24) is 4.98 Å². The Kier molecular flexibility index (Phi) is 4.53. The Morgan fingerprint density at radius 2 is 2.00 bits per heavy atom. The maximum absolute atomic E-state index is 12.0. The van der Waals surface area contributed by atoms with Crippen LogP contribution in [0.15, 0.2) is 42.7 Å². The van der Waals surface area contributed by atoms with Gasteiger partial charge in [0.2, 0.25) is 0 Å². The Labute approximate surface area is 117 Å². The molecule has 0 radical (unpaired) electrons. The zero-order valence-electron chi connectivity index (χ0n) is 10.7. The number of nitrogens with one attached hydrogen (secondary N) is 1. The molecule has 19 heavy (non-hydrogen) atoms. The van der Waals surface area contributed by atoms with Crippen molar-refractivity contribution in [2.24, 2.45) is 0 Å². The Hall–Kier alpha value is -1.87. The van der Waals surface area contributed by atoms with Gasteiger partial charge in [0.15, 0.2) is 0 Å². The van der Waals surface area contributed by atoms with Crippen LogP contribution in [-0.2, 0) is 6.42 Å². The Bertz CT molecular complexity index is 567. The van der Waals surface area contributed by atoms with Crippen LogP contribution in [0.4, 0.5) is 5.69 Å². The molecule has 1 heterocycles. The minimum Gasteiger partial charge on any atom is -0.322 e. The van der Waals surface area contributed by atoms with Crippen LogP contribution >= 0.6 is 11.6 Å². The molecule has 0 fully saturated rings. The third-order valence-electron chi connectivity index (χ3n) is 2.77. The van der Waals surface area contributed by atoms with Crippen molar-refractivity contribution in [2.75, 3.05) is 5.32 Å². The van der Waals surface area contributed by atoms with Gasteiger partial charge in [-0.3, -0.25) is 9.78 Å². The molecule has 0 bridgehead atoms. The van der Waals surface area contributed by atoms with E-state index >= 15 is 0 Å². The number of amides is 1. The number of aromatic nitrogens is 1. The highest BCUT2D eigenvalue weighted by Gasteiger charge is 2.09. The van der Waals surface area contributed by atoms with Crippen molar-refractivity contribution in [3.05, 3.63) is 58.9 Å². The average molecular weight is 275 g/mol. The van der Waals surface area contributed by atoms with Crippen LogP contribution in [0.3, 0.4) is 0 Å². The number of aryl methyl sites for hydroxylation is 1. The first-order chi connectivity index (χ1) is 9.20. The van der Waals surface area contributed by atoms with Crippen molar-refractivity contribution < 1.29 is 4.79 Å². The predicted octanol–water partition coefficient (Wildman–Crippen LogP) is 3.94. The Morgan fingerprint density at radius 3 is 2.63 bits per heavy atom. The highest BCUT2D eigenvalue weighted by Crippen LogP contribution is 2.16. The SMILES string of the molecule is CCCc1ccc(NC(=O)c2ccncc2Cl)cc1. The van der Waals surface area contributed by atoms with Crippen LogP contribution in [0.2, 0.25) is 5.02 Å². The molecule has 98 valence electrons. The molecule has 1 aromatic heterocycles. The van der Waals surface area contributed by atoms with Gasteiger partial charge >= 0.3 is 0 Å². The highest BCUT2D eigenvalue weighted by molar-refractivity contribution is 6.34. The van der Waals surface area contributed by atoms with E-state index < -0.39 is 0 Å². The Morgan fingerprint density at radius 1 is 1.26 bits per heavy atom. The molecule has 1 amide bonds. The van der Waals surface area contributed by atoms with Gasteiger partial charge in [-0.05, 0) is 30.2 Å². The molecular formula is C15H15ClN2O. The Balaban J connectivity index is 2.09. The number of pyridine rings is 1. The zero-order chi connectivity index (χ0) is 13.7. The lowest BCUT2D eigenvalue weighted by atomic mass is 10.1. The van der Waals surface area contributed by atoms with Gasteiger partial charge in [-0.2, -0.15) is 0 Å². The molecule has 0 aliphatic heterocycles. The number of anilines is 1. The average Bonchev–Trinajstić information content (AvgIpc) is 2.42. The van der Waals surface area contributed by atoms with Crippen LogP contribution in [0.25, 0.3) is 0 Å². The van der Waals surface area contributed by atoms with Crippen molar-refractivity contribution >= 4 is 23.2 Å². The van der Waals surface area contributed by atoms with E-state index in [2.05, 4.69) is 17.2 Å². The van der Waals surface area contributed by atoms with E-state index in [0.717, 1.165) is 18.5 Å². The molecular weight excluding hydrogens is 260 g/mol. The molecule has 0 saturated heterocycles. The summed E-state index contributed by atoms with van der Waals surface area (Å²) < 4.78 is 0. The molecule has 1 aromatic carbocycles. The maximum atomic E-state index is 12.0. The molecule has 1 N–H and O–H groups in total. The molecule has 4 heteroatoms. The lowest BCUT2D eigenvalue weighted by molar-refractivity contribution is 0.102. The van der Waals surface area contributed by atoms with E-state index in [4.69, 9.17) is 11.6 Å². The number of carbonyl (C=O) groups excluding carboxylic acids is 1. The fraction of sp³-hybridized carbons (Fsp3) is 0.200. The van der Waals surface area contributed by atoms with E-state index in [0.29, 0.717) is 10.6 Å². The third-order valence-corrected chi connectivity index (χ3v) is 3.07. The fourth-order valence-electron chi connectivity index (χ4n) is 1.80. The molecule has 0 aliphatic rings. The predicted molar refractivity (Wildman–Crippen MR) is 77.6 cm³/mol. The molecule has 0 atom stereocenters. The first kappa shape index (κ1) is 13.6. The number of nitrogens with zero attached hydrogens (tertiary/aromatic N) is 1. The quantitative estimate of drug-likeness (QED) is 0.917. The number of hydrogen-bond donors (Lipinski definition) is 1. The zero-order valence-corrected chi connectivity index (χ0v) is 11.4. The van der Waals surface area contributed by atoms with Crippen LogP contribution in [-0.4, -0.2) is 10.9 Å². The smallest absolute Gasteiger partial charge is 0.257 e. The first-order valence-electron chi connectivity index (χ1n) is 6.20. The van der Waals surface area contributed by atoms with Crippen LogP contribution in [0.1, 0.15) is 29.3 Å². The van der Waals surface area contributed by atoms with Gasteiger partial charge in [-0.1, -0.05) is 37.1 Å². The largest absolute Gasteiger partial charge is 0.322 e. The second-order valence-electron chi connectivity index (χ2n) is 4.26. The summed E-state index contributed by atoms with van der Waals surface area (Å²) in [6.07, 6.45) is 5.16. The summed E-state index contributed by atoms with van der Waals surface area (Å²) in [4.78, 5) is 15.9. The number of halogens is 1. The molecule has 2 aromatic rings. The van der Waals surface area contributed by atoms with Gasteiger partial charge in [-0.15, -0.1) is 0 Å². The van der Waals surface area contributed by atoms with Gasteiger partial charge in [0.25, 0.3) is 5.91 Å². The van der Waals surface area contributed by atoms with Gasteiger partial charge in [0.1, 0.15) is 0 Å². The molecule has 3 nitrogen and oxygen atoms in total. The van der Waals surface area contributed by atoms with Crippen LogP contribution < -0.4 is 5.32 Å². The second kappa shape index (κ2) is 6.34. The summed E-state index contributed by atoms with van der Waals surface area (Å²) in [6, 6.07) is 9.44. The minimum atomic E-state index is -0.226. The topological polar surface area (TPSA) is 42.0 Å². The van der Waals surface area contributed by atoms with Crippen molar-refractivity contribution in [1.29, 1.82) is 0 Å². The molecule has 0 spiro atoms. The van der Waals surface area contributed by atoms with E-state index in [9.17, 15) is 4.79 Å².